The first-order valence-electron chi connectivity index (χ1n) is 7.33. The van der Waals surface area contributed by atoms with E-state index in [-0.39, 0.29) is 12.5 Å². The van der Waals surface area contributed by atoms with E-state index in [1.165, 1.54) is 0 Å². The van der Waals surface area contributed by atoms with Crippen LogP contribution in [0.15, 0.2) is 24.3 Å². The number of carbonyl (C=O) groups is 1. The molecule has 1 aromatic carbocycles. The van der Waals surface area contributed by atoms with Gasteiger partial charge in [0.1, 0.15) is 5.41 Å². The maximum Gasteiger partial charge on any atom is 0.319 e. The fourth-order valence-electron chi connectivity index (χ4n) is 3.11. The topological polar surface area (TPSA) is 73.9 Å². The minimum atomic E-state index is -1.23. The molecule has 0 heterocycles. The van der Waals surface area contributed by atoms with Crippen molar-refractivity contribution in [2.45, 2.75) is 31.6 Å². The summed E-state index contributed by atoms with van der Waals surface area (Å²) in [5.74, 6) is -1.63. The summed E-state index contributed by atoms with van der Waals surface area (Å²) in [6.07, 6.45) is 2.60. The van der Waals surface area contributed by atoms with E-state index < -0.39 is 17.3 Å². The second kappa shape index (κ2) is 6.81. The molecular formula is C17H17ClN2O2. The first-order chi connectivity index (χ1) is 10.6. The van der Waals surface area contributed by atoms with Crippen LogP contribution in [0.25, 0.3) is 0 Å². The molecule has 0 amide bonds. The Balaban J connectivity index is 2.63. The number of esters is 1. The van der Waals surface area contributed by atoms with Crippen LogP contribution in [0, 0.1) is 34.5 Å². The molecule has 1 atom stereocenters. The van der Waals surface area contributed by atoms with Crippen LogP contribution in [-0.4, -0.2) is 12.6 Å². The van der Waals surface area contributed by atoms with Crippen LogP contribution in [-0.2, 0) is 14.9 Å². The molecule has 2 rings (SSSR count). The van der Waals surface area contributed by atoms with Crippen LogP contribution >= 0.6 is 11.6 Å². The molecule has 1 aliphatic carbocycles. The molecule has 0 bridgehead atoms. The standard InChI is InChI=1S/C17H17ClN2O2/c1-2-22-16(21)17(12-4-3-5-12,14(10-19)11-20)13-6-8-15(18)9-7-13/h6-9,12,14H,2-5H2,1H3/t17-/m0/s1. The number of nitrogens with zero attached hydrogens (tertiary/aromatic N) is 2. The maximum atomic E-state index is 12.8. The summed E-state index contributed by atoms with van der Waals surface area (Å²) in [6, 6.07) is 10.8. The van der Waals surface area contributed by atoms with Crippen molar-refractivity contribution < 1.29 is 9.53 Å². The SMILES string of the molecule is CCOC(=O)[C@@](c1ccc(Cl)cc1)(C(C#N)C#N)C1CCC1. The second-order valence-corrected chi connectivity index (χ2v) is 5.85. The molecule has 0 spiro atoms. The summed E-state index contributed by atoms with van der Waals surface area (Å²) in [6.45, 7) is 1.93. The molecule has 114 valence electrons. The fourth-order valence-corrected chi connectivity index (χ4v) is 3.24. The third-order valence-electron chi connectivity index (χ3n) is 4.40. The fraction of sp³-hybridized carbons (Fsp3) is 0.471. The number of carbonyl (C=O) groups excluding carboxylic acids is 1. The minimum Gasteiger partial charge on any atom is -0.465 e. The van der Waals surface area contributed by atoms with Gasteiger partial charge in [-0.1, -0.05) is 30.2 Å². The van der Waals surface area contributed by atoms with E-state index in [1.54, 1.807) is 31.2 Å². The van der Waals surface area contributed by atoms with Crippen molar-refractivity contribution in [1.29, 1.82) is 10.5 Å². The van der Waals surface area contributed by atoms with E-state index in [1.807, 2.05) is 12.1 Å². The van der Waals surface area contributed by atoms with Gasteiger partial charge in [0.05, 0.1) is 18.7 Å². The van der Waals surface area contributed by atoms with E-state index in [0.717, 1.165) is 19.3 Å². The van der Waals surface area contributed by atoms with Crippen LogP contribution in [0.4, 0.5) is 0 Å². The molecule has 0 N–H and O–H groups in total. The molecule has 0 aromatic heterocycles. The van der Waals surface area contributed by atoms with Gasteiger partial charge in [-0.3, -0.25) is 4.79 Å². The smallest absolute Gasteiger partial charge is 0.319 e. The number of rotatable bonds is 5. The van der Waals surface area contributed by atoms with Crippen molar-refractivity contribution in [1.82, 2.24) is 0 Å². The van der Waals surface area contributed by atoms with E-state index in [9.17, 15) is 15.3 Å². The number of hydrogen-bond acceptors (Lipinski definition) is 4. The Bertz CT molecular complexity index is 612. The van der Waals surface area contributed by atoms with Gasteiger partial charge in [-0.25, -0.2) is 0 Å². The van der Waals surface area contributed by atoms with Gasteiger partial charge in [0, 0.05) is 5.02 Å². The summed E-state index contributed by atoms with van der Waals surface area (Å²) in [5.41, 5.74) is -0.601. The largest absolute Gasteiger partial charge is 0.465 e. The molecule has 4 nitrogen and oxygen atoms in total. The molecule has 0 radical (unpaired) electrons. The third-order valence-corrected chi connectivity index (χ3v) is 4.65. The van der Waals surface area contributed by atoms with Crippen molar-refractivity contribution in [3.05, 3.63) is 34.9 Å². The predicted molar refractivity (Wildman–Crippen MR) is 81.8 cm³/mol. The zero-order chi connectivity index (χ0) is 16.2. The number of ether oxygens (including phenoxy) is 1. The number of hydrogen-bond donors (Lipinski definition) is 0. The zero-order valence-corrected chi connectivity index (χ0v) is 13.1. The molecule has 0 unspecified atom stereocenters. The average molecular weight is 317 g/mol. The molecule has 1 aliphatic rings. The summed E-state index contributed by atoms with van der Waals surface area (Å²) < 4.78 is 5.26. The van der Waals surface area contributed by atoms with Crippen LogP contribution in [0.3, 0.4) is 0 Å². The maximum absolute atomic E-state index is 12.8. The van der Waals surface area contributed by atoms with Crippen molar-refractivity contribution >= 4 is 17.6 Å². The highest BCUT2D eigenvalue weighted by Crippen LogP contribution is 2.49. The Morgan fingerprint density at radius 1 is 1.36 bits per heavy atom. The van der Waals surface area contributed by atoms with Crippen molar-refractivity contribution in [2.24, 2.45) is 11.8 Å². The first-order valence-corrected chi connectivity index (χ1v) is 7.71. The number of benzene rings is 1. The monoisotopic (exact) mass is 316 g/mol. The normalized spacial score (nSPS) is 17.0. The first kappa shape index (κ1) is 16.3. The highest BCUT2D eigenvalue weighted by atomic mass is 35.5. The highest BCUT2D eigenvalue weighted by Gasteiger charge is 2.56. The molecule has 22 heavy (non-hydrogen) atoms. The highest BCUT2D eigenvalue weighted by molar-refractivity contribution is 6.30. The van der Waals surface area contributed by atoms with Gasteiger partial charge in [-0.15, -0.1) is 0 Å². The molecule has 1 fully saturated rings. The van der Waals surface area contributed by atoms with Crippen LogP contribution in [0.1, 0.15) is 31.7 Å². The zero-order valence-electron chi connectivity index (χ0n) is 12.4. The Hall–Kier alpha value is -2.04. The van der Waals surface area contributed by atoms with E-state index in [2.05, 4.69) is 0 Å². The average Bonchev–Trinajstić information content (AvgIpc) is 2.46. The van der Waals surface area contributed by atoms with E-state index >= 15 is 0 Å². The number of nitriles is 2. The predicted octanol–water partition coefficient (Wildman–Crippen LogP) is 3.60. The second-order valence-electron chi connectivity index (χ2n) is 5.42. The molecule has 1 saturated carbocycles. The van der Waals surface area contributed by atoms with Gasteiger partial charge >= 0.3 is 5.97 Å². The van der Waals surface area contributed by atoms with Gasteiger partial charge in [0.15, 0.2) is 5.92 Å². The van der Waals surface area contributed by atoms with Gasteiger partial charge in [-0.05, 0) is 43.4 Å². The summed E-state index contributed by atoms with van der Waals surface area (Å²) >= 11 is 5.93. The molecule has 1 aromatic rings. The van der Waals surface area contributed by atoms with Crippen LogP contribution in [0.2, 0.25) is 5.02 Å². The minimum absolute atomic E-state index is 0.0583. The van der Waals surface area contributed by atoms with Gasteiger partial charge in [0.2, 0.25) is 0 Å². The van der Waals surface area contributed by atoms with Gasteiger partial charge in [0.25, 0.3) is 0 Å². The summed E-state index contributed by atoms with van der Waals surface area (Å²) in [5, 5.41) is 19.5. The molecule has 5 heteroatoms. The van der Waals surface area contributed by atoms with E-state index in [0.29, 0.717) is 10.6 Å². The van der Waals surface area contributed by atoms with Gasteiger partial charge in [-0.2, -0.15) is 10.5 Å². The summed E-state index contributed by atoms with van der Waals surface area (Å²) in [7, 11) is 0. The molecule has 0 aliphatic heterocycles. The Morgan fingerprint density at radius 2 is 1.95 bits per heavy atom. The number of halogens is 1. The van der Waals surface area contributed by atoms with Crippen molar-refractivity contribution in [3.63, 3.8) is 0 Å². The lowest BCUT2D eigenvalue weighted by molar-refractivity contribution is -0.155. The van der Waals surface area contributed by atoms with Crippen molar-refractivity contribution in [3.8, 4) is 12.1 Å². The quantitative estimate of drug-likeness (QED) is 0.778. The lowest BCUT2D eigenvalue weighted by Crippen LogP contribution is -2.51. The Morgan fingerprint density at radius 3 is 2.36 bits per heavy atom. The lowest BCUT2D eigenvalue weighted by Gasteiger charge is -2.44. The van der Waals surface area contributed by atoms with Crippen molar-refractivity contribution in [2.75, 3.05) is 6.61 Å². The molecular weight excluding hydrogens is 300 g/mol. The summed E-state index contributed by atoms with van der Waals surface area (Å²) in [4.78, 5) is 12.8. The Kier molecular flexibility index (Phi) is 5.06. The third kappa shape index (κ3) is 2.56. The van der Waals surface area contributed by atoms with Crippen LogP contribution < -0.4 is 0 Å². The molecule has 0 saturated heterocycles. The lowest BCUT2D eigenvalue weighted by atomic mass is 9.56. The van der Waals surface area contributed by atoms with E-state index in [4.69, 9.17) is 16.3 Å². The Labute approximate surface area is 135 Å². The van der Waals surface area contributed by atoms with Gasteiger partial charge < -0.3 is 4.74 Å². The van der Waals surface area contributed by atoms with Crippen LogP contribution in [0.5, 0.6) is 0 Å².